The van der Waals surface area contributed by atoms with E-state index in [9.17, 15) is 4.79 Å². The predicted octanol–water partition coefficient (Wildman–Crippen LogP) is 3.71. The molecule has 0 spiro atoms. The van der Waals surface area contributed by atoms with Crippen molar-refractivity contribution in [1.29, 1.82) is 0 Å². The molecule has 0 aromatic heterocycles. The van der Waals surface area contributed by atoms with Crippen molar-refractivity contribution in [2.75, 3.05) is 20.1 Å². The van der Waals surface area contributed by atoms with E-state index in [-0.39, 0.29) is 6.54 Å². The smallest absolute Gasteiger partial charge is 0.317 e. The lowest BCUT2D eigenvalue weighted by molar-refractivity contribution is -0.137. The van der Waals surface area contributed by atoms with Gasteiger partial charge in [-0.25, -0.2) is 0 Å². The van der Waals surface area contributed by atoms with Gasteiger partial charge < -0.3 is 5.11 Å². The number of nitrogens with zero attached hydrogens (tertiary/aromatic N) is 1. The fourth-order valence-corrected chi connectivity index (χ4v) is 3.83. The lowest BCUT2D eigenvalue weighted by Gasteiger charge is -2.22. The first-order chi connectivity index (χ1) is 11.6. The number of aryl methyl sites for hydroxylation is 2. The van der Waals surface area contributed by atoms with E-state index in [2.05, 4.69) is 48.5 Å². The standard InChI is InChI=1S/C21H25NO2/c1-22(15-21(23)24)14-6-11-20-18-9-4-2-7-16(18)12-13-17-8-3-5-10-19(17)20/h2-5,7-10,20H,6,11-15H2,1H3,(H,23,24). The van der Waals surface area contributed by atoms with Gasteiger partial charge in [0, 0.05) is 5.92 Å². The van der Waals surface area contributed by atoms with Crippen molar-refractivity contribution in [3.05, 3.63) is 70.8 Å². The Bertz CT molecular complexity index is 663. The Hall–Kier alpha value is -2.13. The van der Waals surface area contributed by atoms with Crippen LogP contribution >= 0.6 is 0 Å². The van der Waals surface area contributed by atoms with Crippen molar-refractivity contribution < 1.29 is 9.90 Å². The number of aliphatic carboxylic acids is 1. The van der Waals surface area contributed by atoms with Gasteiger partial charge in [-0.1, -0.05) is 48.5 Å². The maximum atomic E-state index is 10.8. The molecule has 0 unspecified atom stereocenters. The summed E-state index contributed by atoms with van der Waals surface area (Å²) in [5.74, 6) is -0.346. The molecule has 0 saturated carbocycles. The second kappa shape index (κ2) is 7.63. The molecule has 0 aliphatic heterocycles. The highest BCUT2D eigenvalue weighted by molar-refractivity contribution is 5.68. The zero-order chi connectivity index (χ0) is 16.9. The van der Waals surface area contributed by atoms with Crippen LogP contribution in [0.2, 0.25) is 0 Å². The van der Waals surface area contributed by atoms with Gasteiger partial charge in [-0.15, -0.1) is 0 Å². The number of carboxylic acid groups (broad SMARTS) is 1. The van der Waals surface area contributed by atoms with E-state index >= 15 is 0 Å². The lowest BCUT2D eigenvalue weighted by atomic mass is 9.85. The Morgan fingerprint density at radius 1 is 1.04 bits per heavy atom. The Morgan fingerprint density at radius 3 is 2.12 bits per heavy atom. The van der Waals surface area contributed by atoms with Crippen LogP contribution in [0.15, 0.2) is 48.5 Å². The van der Waals surface area contributed by atoms with E-state index in [1.807, 2.05) is 11.9 Å². The van der Waals surface area contributed by atoms with E-state index in [0.717, 1.165) is 32.2 Å². The van der Waals surface area contributed by atoms with Gasteiger partial charge in [0.05, 0.1) is 6.54 Å². The summed E-state index contributed by atoms with van der Waals surface area (Å²) in [7, 11) is 1.88. The third-order valence-electron chi connectivity index (χ3n) is 4.96. The zero-order valence-corrected chi connectivity index (χ0v) is 14.2. The van der Waals surface area contributed by atoms with Crippen LogP contribution in [0.1, 0.15) is 41.0 Å². The predicted molar refractivity (Wildman–Crippen MR) is 96.5 cm³/mol. The summed E-state index contributed by atoms with van der Waals surface area (Å²) in [5, 5.41) is 8.89. The highest BCUT2D eigenvalue weighted by atomic mass is 16.4. The van der Waals surface area contributed by atoms with Crippen LogP contribution in [0.4, 0.5) is 0 Å². The van der Waals surface area contributed by atoms with Crippen molar-refractivity contribution in [3.63, 3.8) is 0 Å². The number of carboxylic acids is 1. The van der Waals surface area contributed by atoms with Gasteiger partial charge in [0.2, 0.25) is 0 Å². The minimum Gasteiger partial charge on any atom is -0.480 e. The summed E-state index contributed by atoms with van der Waals surface area (Å²) in [6.45, 7) is 0.922. The maximum absolute atomic E-state index is 10.8. The second-order valence-electron chi connectivity index (χ2n) is 6.72. The number of fused-ring (bicyclic) bond motifs is 2. The molecule has 3 heteroatoms. The van der Waals surface area contributed by atoms with E-state index in [4.69, 9.17) is 5.11 Å². The van der Waals surface area contributed by atoms with Crippen LogP contribution in [0.5, 0.6) is 0 Å². The van der Waals surface area contributed by atoms with Crippen molar-refractivity contribution in [2.45, 2.75) is 31.6 Å². The Kier molecular flexibility index (Phi) is 5.31. The molecule has 24 heavy (non-hydrogen) atoms. The first-order valence-corrected chi connectivity index (χ1v) is 8.71. The lowest BCUT2D eigenvalue weighted by Crippen LogP contribution is -2.26. The Morgan fingerprint density at radius 2 is 1.58 bits per heavy atom. The highest BCUT2D eigenvalue weighted by Crippen LogP contribution is 2.37. The molecule has 0 fully saturated rings. The van der Waals surface area contributed by atoms with Crippen LogP contribution in [0.3, 0.4) is 0 Å². The molecule has 0 heterocycles. The van der Waals surface area contributed by atoms with Gasteiger partial charge in [-0.2, -0.15) is 0 Å². The van der Waals surface area contributed by atoms with E-state index < -0.39 is 5.97 Å². The van der Waals surface area contributed by atoms with Crippen LogP contribution in [0.25, 0.3) is 0 Å². The first kappa shape index (κ1) is 16.7. The van der Waals surface area contributed by atoms with E-state index in [0.29, 0.717) is 5.92 Å². The molecule has 1 N–H and O–H groups in total. The van der Waals surface area contributed by atoms with Gasteiger partial charge in [0.15, 0.2) is 0 Å². The quantitative estimate of drug-likeness (QED) is 0.881. The van der Waals surface area contributed by atoms with Crippen LogP contribution in [-0.2, 0) is 17.6 Å². The van der Waals surface area contributed by atoms with Gasteiger partial charge in [-0.05, 0) is 61.5 Å². The summed E-state index contributed by atoms with van der Waals surface area (Å²) >= 11 is 0. The number of hydrogen-bond acceptors (Lipinski definition) is 2. The molecule has 1 aliphatic carbocycles. The second-order valence-corrected chi connectivity index (χ2v) is 6.72. The number of carbonyl (C=O) groups is 1. The molecule has 0 bridgehead atoms. The van der Waals surface area contributed by atoms with Crippen LogP contribution < -0.4 is 0 Å². The van der Waals surface area contributed by atoms with Gasteiger partial charge in [-0.3, -0.25) is 9.69 Å². The molecular formula is C21H25NO2. The average molecular weight is 323 g/mol. The normalized spacial score (nSPS) is 14.1. The van der Waals surface area contributed by atoms with Gasteiger partial charge in [0.25, 0.3) is 0 Å². The maximum Gasteiger partial charge on any atom is 0.317 e. The Labute approximate surface area is 143 Å². The summed E-state index contributed by atoms with van der Waals surface area (Å²) in [5.41, 5.74) is 5.81. The first-order valence-electron chi connectivity index (χ1n) is 8.71. The molecule has 3 nitrogen and oxygen atoms in total. The molecule has 0 amide bonds. The summed E-state index contributed by atoms with van der Waals surface area (Å²) in [6, 6.07) is 17.6. The third-order valence-corrected chi connectivity index (χ3v) is 4.96. The zero-order valence-electron chi connectivity index (χ0n) is 14.2. The topological polar surface area (TPSA) is 40.5 Å². The third kappa shape index (κ3) is 3.85. The minimum atomic E-state index is -0.761. The number of hydrogen-bond donors (Lipinski definition) is 1. The van der Waals surface area contributed by atoms with E-state index in [1.54, 1.807) is 0 Å². The van der Waals surface area contributed by atoms with Crippen molar-refractivity contribution in [2.24, 2.45) is 0 Å². The molecule has 3 rings (SSSR count). The van der Waals surface area contributed by atoms with Gasteiger partial charge >= 0.3 is 5.97 Å². The van der Waals surface area contributed by atoms with Crippen molar-refractivity contribution >= 4 is 5.97 Å². The summed E-state index contributed by atoms with van der Waals surface area (Å²) in [4.78, 5) is 12.7. The fraction of sp³-hybridized carbons (Fsp3) is 0.381. The number of likely N-dealkylation sites (N-methyl/N-ethyl adjacent to an activating group) is 1. The summed E-state index contributed by atoms with van der Waals surface area (Å²) < 4.78 is 0. The number of rotatable bonds is 6. The Balaban J connectivity index is 1.79. The highest BCUT2D eigenvalue weighted by Gasteiger charge is 2.22. The molecule has 0 saturated heterocycles. The van der Waals surface area contributed by atoms with E-state index in [1.165, 1.54) is 22.3 Å². The SMILES string of the molecule is CN(CCCC1c2ccccc2CCc2ccccc21)CC(=O)O. The van der Waals surface area contributed by atoms with Crippen LogP contribution in [0, 0.1) is 0 Å². The molecule has 0 radical (unpaired) electrons. The van der Waals surface area contributed by atoms with Gasteiger partial charge in [0.1, 0.15) is 0 Å². The molecular weight excluding hydrogens is 298 g/mol. The summed E-state index contributed by atoms with van der Waals surface area (Å²) in [6.07, 6.45) is 4.25. The average Bonchev–Trinajstić information content (AvgIpc) is 2.72. The monoisotopic (exact) mass is 323 g/mol. The molecule has 0 atom stereocenters. The molecule has 2 aromatic rings. The molecule has 126 valence electrons. The largest absolute Gasteiger partial charge is 0.480 e. The number of benzene rings is 2. The minimum absolute atomic E-state index is 0.109. The molecule has 2 aromatic carbocycles. The fourth-order valence-electron chi connectivity index (χ4n) is 3.83. The van der Waals surface area contributed by atoms with Crippen molar-refractivity contribution in [3.8, 4) is 0 Å². The van der Waals surface area contributed by atoms with Crippen molar-refractivity contribution in [1.82, 2.24) is 4.90 Å². The van der Waals surface area contributed by atoms with Crippen LogP contribution in [-0.4, -0.2) is 36.1 Å². The molecule has 1 aliphatic rings.